The van der Waals surface area contributed by atoms with Crippen molar-refractivity contribution in [3.63, 3.8) is 0 Å². The molecule has 2 fully saturated rings. The molecule has 2 heterocycles. The molecule has 2 aliphatic heterocycles. The Hall–Kier alpha value is -1.39. The molecular formula is C22H34N2O2. The van der Waals surface area contributed by atoms with Gasteiger partial charge in [0, 0.05) is 44.4 Å². The van der Waals surface area contributed by atoms with E-state index in [2.05, 4.69) is 35.8 Å². The van der Waals surface area contributed by atoms with E-state index >= 15 is 0 Å². The summed E-state index contributed by atoms with van der Waals surface area (Å²) in [7, 11) is 0. The van der Waals surface area contributed by atoms with Crippen LogP contribution in [0, 0.1) is 5.92 Å². The maximum absolute atomic E-state index is 12.2. The van der Waals surface area contributed by atoms with Gasteiger partial charge in [0.15, 0.2) is 0 Å². The lowest BCUT2D eigenvalue weighted by Crippen LogP contribution is -2.56. The van der Waals surface area contributed by atoms with Crippen LogP contribution in [0.3, 0.4) is 0 Å². The molecule has 0 aliphatic carbocycles. The molecule has 1 aromatic carbocycles. The van der Waals surface area contributed by atoms with Crippen LogP contribution in [0.2, 0.25) is 0 Å². The fourth-order valence-electron chi connectivity index (χ4n) is 4.64. The third-order valence-electron chi connectivity index (χ3n) is 6.28. The van der Waals surface area contributed by atoms with Gasteiger partial charge in [-0.25, -0.2) is 0 Å². The average molecular weight is 359 g/mol. The summed E-state index contributed by atoms with van der Waals surface area (Å²) in [5.74, 6) is 0.175. The predicted octanol–water partition coefficient (Wildman–Crippen LogP) is 3.66. The Bertz CT molecular complexity index is 585. The largest absolute Gasteiger partial charge is 0.454 e. The third kappa shape index (κ3) is 4.12. The van der Waals surface area contributed by atoms with E-state index in [1.807, 2.05) is 25.1 Å². The van der Waals surface area contributed by atoms with Gasteiger partial charge in [0.25, 0.3) is 0 Å². The Kier molecular flexibility index (Phi) is 6.36. The SMILES string of the molecule is CCC(=O)OC1(c2ccccc2)CC(C)N(CCN2CCCC2)CC1C. The normalized spacial score (nSPS) is 30.4. The Morgan fingerprint density at radius 1 is 1.15 bits per heavy atom. The molecule has 26 heavy (non-hydrogen) atoms. The molecule has 0 bridgehead atoms. The zero-order valence-corrected chi connectivity index (χ0v) is 16.6. The molecule has 3 unspecified atom stereocenters. The van der Waals surface area contributed by atoms with E-state index in [1.54, 1.807) is 0 Å². The second kappa shape index (κ2) is 8.53. The molecule has 4 nitrogen and oxygen atoms in total. The van der Waals surface area contributed by atoms with E-state index in [1.165, 1.54) is 25.9 Å². The number of nitrogens with zero attached hydrogens (tertiary/aromatic N) is 2. The van der Waals surface area contributed by atoms with Gasteiger partial charge in [0.2, 0.25) is 0 Å². The summed E-state index contributed by atoms with van der Waals surface area (Å²) in [6.07, 6.45) is 3.98. The van der Waals surface area contributed by atoms with Gasteiger partial charge in [-0.1, -0.05) is 44.2 Å². The number of carbonyl (C=O) groups is 1. The number of piperidine rings is 1. The molecule has 3 rings (SSSR count). The van der Waals surface area contributed by atoms with Crippen LogP contribution in [-0.2, 0) is 15.1 Å². The Morgan fingerprint density at radius 2 is 1.85 bits per heavy atom. The molecule has 3 atom stereocenters. The molecular weight excluding hydrogens is 324 g/mol. The Morgan fingerprint density at radius 3 is 2.50 bits per heavy atom. The van der Waals surface area contributed by atoms with E-state index in [0.29, 0.717) is 12.5 Å². The van der Waals surface area contributed by atoms with E-state index in [0.717, 1.165) is 31.6 Å². The smallest absolute Gasteiger partial charge is 0.306 e. The van der Waals surface area contributed by atoms with Gasteiger partial charge >= 0.3 is 5.97 Å². The maximum Gasteiger partial charge on any atom is 0.306 e. The van der Waals surface area contributed by atoms with Gasteiger partial charge in [-0.15, -0.1) is 0 Å². The fourth-order valence-corrected chi connectivity index (χ4v) is 4.64. The number of hydrogen-bond acceptors (Lipinski definition) is 4. The van der Waals surface area contributed by atoms with Crippen molar-refractivity contribution in [2.45, 2.75) is 58.1 Å². The van der Waals surface area contributed by atoms with Gasteiger partial charge in [-0.05, 0) is 38.4 Å². The minimum atomic E-state index is -0.502. The second-order valence-electron chi connectivity index (χ2n) is 8.08. The van der Waals surface area contributed by atoms with E-state index in [9.17, 15) is 4.79 Å². The molecule has 0 spiro atoms. The zero-order chi connectivity index (χ0) is 18.6. The summed E-state index contributed by atoms with van der Waals surface area (Å²) in [6.45, 7) is 12.1. The van der Waals surface area contributed by atoms with Crippen LogP contribution in [-0.4, -0.2) is 54.5 Å². The zero-order valence-electron chi connectivity index (χ0n) is 16.6. The highest BCUT2D eigenvalue weighted by molar-refractivity contribution is 5.69. The molecule has 0 aromatic heterocycles. The number of rotatable bonds is 6. The fraction of sp³-hybridized carbons (Fsp3) is 0.682. The highest BCUT2D eigenvalue weighted by atomic mass is 16.6. The maximum atomic E-state index is 12.2. The van der Waals surface area contributed by atoms with Crippen molar-refractivity contribution < 1.29 is 9.53 Å². The van der Waals surface area contributed by atoms with E-state index in [4.69, 9.17) is 4.74 Å². The van der Waals surface area contributed by atoms with Crippen molar-refractivity contribution in [3.8, 4) is 0 Å². The topological polar surface area (TPSA) is 32.8 Å². The number of carbonyl (C=O) groups excluding carboxylic acids is 1. The molecule has 1 aromatic rings. The number of hydrogen-bond donors (Lipinski definition) is 0. The summed E-state index contributed by atoms with van der Waals surface area (Å²) >= 11 is 0. The summed E-state index contributed by atoms with van der Waals surface area (Å²) < 4.78 is 6.15. The lowest BCUT2D eigenvalue weighted by atomic mass is 9.74. The first-order valence-corrected chi connectivity index (χ1v) is 10.3. The van der Waals surface area contributed by atoms with Crippen molar-refractivity contribution in [1.29, 1.82) is 0 Å². The van der Waals surface area contributed by atoms with Crippen LogP contribution < -0.4 is 0 Å². The average Bonchev–Trinajstić information content (AvgIpc) is 3.17. The van der Waals surface area contributed by atoms with Crippen LogP contribution in [0.15, 0.2) is 30.3 Å². The van der Waals surface area contributed by atoms with Gasteiger partial charge in [-0.2, -0.15) is 0 Å². The minimum Gasteiger partial charge on any atom is -0.454 e. The summed E-state index contributed by atoms with van der Waals surface area (Å²) in [5, 5.41) is 0. The predicted molar refractivity (Wildman–Crippen MR) is 105 cm³/mol. The van der Waals surface area contributed by atoms with Gasteiger partial charge in [0.1, 0.15) is 5.60 Å². The number of esters is 1. The highest BCUT2D eigenvalue weighted by Crippen LogP contribution is 2.43. The molecule has 144 valence electrons. The van der Waals surface area contributed by atoms with Gasteiger partial charge in [0.05, 0.1) is 0 Å². The molecule has 2 aliphatic rings. The monoisotopic (exact) mass is 358 g/mol. The number of benzene rings is 1. The van der Waals surface area contributed by atoms with E-state index < -0.39 is 5.60 Å². The lowest BCUT2D eigenvalue weighted by Gasteiger charge is -2.49. The first-order chi connectivity index (χ1) is 12.5. The van der Waals surface area contributed by atoms with Crippen LogP contribution in [0.5, 0.6) is 0 Å². The molecule has 0 amide bonds. The van der Waals surface area contributed by atoms with Crippen LogP contribution >= 0.6 is 0 Å². The molecule has 4 heteroatoms. The van der Waals surface area contributed by atoms with Crippen molar-refractivity contribution >= 4 is 5.97 Å². The van der Waals surface area contributed by atoms with Crippen molar-refractivity contribution in [3.05, 3.63) is 35.9 Å². The van der Waals surface area contributed by atoms with E-state index in [-0.39, 0.29) is 11.9 Å². The Balaban J connectivity index is 1.75. The molecule has 2 saturated heterocycles. The summed E-state index contributed by atoms with van der Waals surface area (Å²) in [4.78, 5) is 17.4. The highest BCUT2D eigenvalue weighted by Gasteiger charge is 2.47. The van der Waals surface area contributed by atoms with Crippen molar-refractivity contribution in [2.24, 2.45) is 5.92 Å². The first kappa shape index (κ1) is 19.4. The van der Waals surface area contributed by atoms with Gasteiger partial charge < -0.3 is 9.64 Å². The van der Waals surface area contributed by atoms with Crippen molar-refractivity contribution in [1.82, 2.24) is 9.80 Å². The first-order valence-electron chi connectivity index (χ1n) is 10.3. The summed E-state index contributed by atoms with van der Waals surface area (Å²) in [5.41, 5.74) is 0.637. The quantitative estimate of drug-likeness (QED) is 0.727. The summed E-state index contributed by atoms with van der Waals surface area (Å²) in [6, 6.07) is 10.8. The van der Waals surface area contributed by atoms with Crippen molar-refractivity contribution in [2.75, 3.05) is 32.7 Å². The van der Waals surface area contributed by atoms with Gasteiger partial charge in [-0.3, -0.25) is 9.69 Å². The standard InChI is InChI=1S/C22H34N2O2/c1-4-21(25)26-22(20-10-6-5-7-11-20)16-19(3)24(17-18(22)2)15-14-23-12-8-9-13-23/h5-7,10-11,18-19H,4,8-9,12-17H2,1-3H3. The number of ether oxygens (including phenoxy) is 1. The number of likely N-dealkylation sites (tertiary alicyclic amines) is 2. The molecule has 0 saturated carbocycles. The van der Waals surface area contributed by atoms with Crippen LogP contribution in [0.4, 0.5) is 0 Å². The second-order valence-corrected chi connectivity index (χ2v) is 8.08. The van der Waals surface area contributed by atoms with Crippen LogP contribution in [0.25, 0.3) is 0 Å². The lowest BCUT2D eigenvalue weighted by molar-refractivity contribution is -0.178. The molecule has 0 radical (unpaired) electrons. The minimum absolute atomic E-state index is 0.0987. The Labute approximate surface area is 158 Å². The van der Waals surface area contributed by atoms with Crippen LogP contribution in [0.1, 0.15) is 52.0 Å². The third-order valence-corrected chi connectivity index (χ3v) is 6.28. The molecule has 0 N–H and O–H groups in total.